The van der Waals surface area contributed by atoms with Crippen LogP contribution in [-0.2, 0) is 11.8 Å². The highest BCUT2D eigenvalue weighted by molar-refractivity contribution is 6.13. The summed E-state index contributed by atoms with van der Waals surface area (Å²) in [6.07, 6.45) is 2.95. The Kier molecular flexibility index (Phi) is 5.09. The maximum Gasteiger partial charge on any atom is 0.219 e. The highest BCUT2D eigenvalue weighted by Gasteiger charge is 2.24. The highest BCUT2D eigenvalue weighted by Crippen LogP contribution is 2.42. The second kappa shape index (κ2) is 8.58. The van der Waals surface area contributed by atoms with E-state index in [1.165, 1.54) is 18.2 Å². The number of hydrogen-bond acceptors (Lipinski definition) is 2. The van der Waals surface area contributed by atoms with Crippen molar-refractivity contribution >= 4 is 21.9 Å². The number of benzene rings is 3. The highest BCUT2D eigenvalue weighted by atomic mass is 19.1. The van der Waals surface area contributed by atoms with Gasteiger partial charge in [0.15, 0.2) is 6.20 Å². The molecule has 5 heteroatoms. The van der Waals surface area contributed by atoms with E-state index in [-0.39, 0.29) is 11.6 Å². The number of fused-ring (bicyclic) bond motifs is 3. The molecule has 35 heavy (non-hydrogen) atoms. The summed E-state index contributed by atoms with van der Waals surface area (Å²) in [6.45, 7) is 3.10. The van der Waals surface area contributed by atoms with Crippen LogP contribution in [0.3, 0.4) is 0 Å². The summed E-state index contributed by atoms with van der Waals surface area (Å²) in [6, 6.07) is 17.6. The Hall–Kier alpha value is -3.57. The number of nitrogens with zero attached hydrogens (tertiary/aromatic N) is 1. The molecule has 0 unspecified atom stereocenters. The quantitative estimate of drug-likeness (QED) is 0.260. The molecular formula is C30H26F2NO2+. The van der Waals surface area contributed by atoms with E-state index in [9.17, 15) is 4.39 Å². The van der Waals surface area contributed by atoms with E-state index in [0.29, 0.717) is 54.0 Å². The summed E-state index contributed by atoms with van der Waals surface area (Å²) < 4.78 is 52.0. The van der Waals surface area contributed by atoms with Crippen molar-refractivity contribution in [2.75, 3.05) is 13.2 Å². The number of hydrogen-bond donors (Lipinski definition) is 0. The van der Waals surface area contributed by atoms with Crippen LogP contribution in [0.1, 0.15) is 31.2 Å². The van der Waals surface area contributed by atoms with Gasteiger partial charge in [0.25, 0.3) is 0 Å². The molecule has 6 rings (SSSR count). The van der Waals surface area contributed by atoms with Gasteiger partial charge in [0.2, 0.25) is 5.69 Å². The van der Waals surface area contributed by atoms with E-state index < -0.39 is 5.89 Å². The van der Waals surface area contributed by atoms with Gasteiger partial charge in [0.1, 0.15) is 29.8 Å². The Balaban J connectivity index is 1.55. The summed E-state index contributed by atoms with van der Waals surface area (Å²) >= 11 is 0. The van der Waals surface area contributed by atoms with Crippen LogP contribution < -0.4 is 4.57 Å². The Labute approximate surface area is 204 Å². The first-order valence-electron chi connectivity index (χ1n) is 12.3. The monoisotopic (exact) mass is 471 g/mol. The second-order valence-electron chi connectivity index (χ2n) is 9.17. The lowest BCUT2D eigenvalue weighted by Crippen LogP contribution is -2.30. The van der Waals surface area contributed by atoms with Gasteiger partial charge < -0.3 is 9.15 Å². The first-order valence-corrected chi connectivity index (χ1v) is 11.8. The van der Waals surface area contributed by atoms with Crippen molar-refractivity contribution in [3.63, 3.8) is 0 Å². The van der Waals surface area contributed by atoms with Gasteiger partial charge in [-0.05, 0) is 54.5 Å². The molecule has 0 saturated carbocycles. The van der Waals surface area contributed by atoms with E-state index in [2.05, 4.69) is 0 Å². The standard InChI is InChI=1S/C30H26F2NO2/c1-18-3-8-23-24-9-10-25(32)28(21-6-4-19(5-7-21)20-12-15-34-16-13-20)30(24)35-29(23)27(18)26-17-22(31)11-14-33(26)2/h3-11,14,17,20H,12-13,15-16H2,1-2H3/q+1/i20D. The van der Waals surface area contributed by atoms with Crippen molar-refractivity contribution in [2.45, 2.75) is 25.7 Å². The summed E-state index contributed by atoms with van der Waals surface area (Å²) in [4.78, 5) is 0. The van der Waals surface area contributed by atoms with Crippen molar-refractivity contribution in [2.24, 2.45) is 7.05 Å². The summed E-state index contributed by atoms with van der Waals surface area (Å²) in [7, 11) is 1.86. The molecule has 0 amide bonds. The zero-order valence-corrected chi connectivity index (χ0v) is 19.7. The minimum atomic E-state index is -0.687. The summed E-state index contributed by atoms with van der Waals surface area (Å²) in [5.74, 6) is -1.40. The average Bonchev–Trinajstić information content (AvgIpc) is 3.24. The fourth-order valence-electron chi connectivity index (χ4n) is 5.14. The molecule has 1 aliphatic heterocycles. The van der Waals surface area contributed by atoms with Crippen molar-refractivity contribution in [1.29, 1.82) is 0 Å². The van der Waals surface area contributed by atoms with E-state index in [1.54, 1.807) is 12.3 Å². The molecule has 0 bridgehead atoms. The van der Waals surface area contributed by atoms with Gasteiger partial charge in [-0.25, -0.2) is 13.3 Å². The number of halogens is 2. The summed E-state index contributed by atoms with van der Waals surface area (Å²) in [5, 5.41) is 1.65. The minimum Gasteiger partial charge on any atom is -0.454 e. The predicted octanol–water partition coefficient (Wildman–Crippen LogP) is 7.23. The van der Waals surface area contributed by atoms with Crippen molar-refractivity contribution in [3.8, 4) is 22.4 Å². The summed E-state index contributed by atoms with van der Waals surface area (Å²) in [5.41, 5.74) is 5.43. The molecule has 3 heterocycles. The van der Waals surface area contributed by atoms with Crippen molar-refractivity contribution < 1.29 is 23.9 Å². The van der Waals surface area contributed by atoms with Gasteiger partial charge in [0, 0.05) is 37.5 Å². The minimum absolute atomic E-state index is 0.334. The topological polar surface area (TPSA) is 26.2 Å². The third kappa shape index (κ3) is 3.71. The van der Waals surface area contributed by atoms with Crippen LogP contribution in [0.2, 0.25) is 0 Å². The Morgan fingerprint density at radius 2 is 1.57 bits per heavy atom. The lowest BCUT2D eigenvalue weighted by molar-refractivity contribution is -0.660. The van der Waals surface area contributed by atoms with E-state index in [4.69, 9.17) is 10.5 Å². The predicted molar refractivity (Wildman–Crippen MR) is 133 cm³/mol. The molecular weight excluding hydrogens is 444 g/mol. The van der Waals surface area contributed by atoms with E-state index >= 15 is 4.39 Å². The molecule has 1 saturated heterocycles. The molecule has 3 aromatic carbocycles. The van der Waals surface area contributed by atoms with Crippen molar-refractivity contribution in [1.82, 2.24) is 0 Å². The van der Waals surface area contributed by atoms with Gasteiger partial charge in [-0.15, -0.1) is 0 Å². The SMILES string of the molecule is [2H]C1(c2ccc(-c3c(F)ccc4c3oc3c(-c5cc(F)cc[n+]5C)c(C)ccc34)cc2)CCOCC1. The van der Waals surface area contributed by atoms with Crippen LogP contribution in [0.15, 0.2) is 71.3 Å². The first-order chi connectivity index (χ1) is 17.4. The largest absolute Gasteiger partial charge is 0.454 e. The van der Waals surface area contributed by atoms with Crippen LogP contribution >= 0.6 is 0 Å². The number of pyridine rings is 1. The Bertz CT molecular complexity index is 1620. The maximum absolute atomic E-state index is 15.3. The molecule has 0 spiro atoms. The fourth-order valence-corrected chi connectivity index (χ4v) is 5.14. The van der Waals surface area contributed by atoms with Gasteiger partial charge >= 0.3 is 0 Å². The molecule has 0 atom stereocenters. The maximum atomic E-state index is 15.3. The molecule has 1 fully saturated rings. The second-order valence-corrected chi connectivity index (χ2v) is 9.17. The Morgan fingerprint density at radius 1 is 0.886 bits per heavy atom. The molecule has 0 aliphatic carbocycles. The zero-order chi connectivity index (χ0) is 25.0. The van der Waals surface area contributed by atoms with E-state index in [1.807, 2.05) is 54.9 Å². The lowest BCUT2D eigenvalue weighted by atomic mass is 9.90. The van der Waals surface area contributed by atoms with E-state index in [0.717, 1.165) is 27.5 Å². The van der Waals surface area contributed by atoms with Gasteiger partial charge in [0.05, 0.1) is 11.1 Å². The number of aryl methyl sites for hydroxylation is 2. The third-order valence-electron chi connectivity index (χ3n) is 7.01. The first kappa shape index (κ1) is 20.8. The van der Waals surface area contributed by atoms with Crippen LogP contribution in [0.25, 0.3) is 44.3 Å². The smallest absolute Gasteiger partial charge is 0.219 e. The molecule has 0 N–H and O–H groups in total. The number of aromatic nitrogens is 1. The number of furan rings is 1. The molecule has 1 aliphatic rings. The van der Waals surface area contributed by atoms with Gasteiger partial charge in [-0.1, -0.05) is 36.4 Å². The molecule has 3 nitrogen and oxygen atoms in total. The van der Waals surface area contributed by atoms with Gasteiger partial charge in [-0.2, -0.15) is 0 Å². The Morgan fingerprint density at radius 3 is 2.31 bits per heavy atom. The van der Waals surface area contributed by atoms with Crippen LogP contribution in [0, 0.1) is 18.6 Å². The molecule has 176 valence electrons. The third-order valence-corrected chi connectivity index (χ3v) is 7.01. The van der Waals surface area contributed by atoms with Gasteiger partial charge in [-0.3, -0.25) is 0 Å². The van der Waals surface area contributed by atoms with Crippen LogP contribution in [0.5, 0.6) is 0 Å². The zero-order valence-electron chi connectivity index (χ0n) is 20.7. The number of ether oxygens (including phenoxy) is 1. The normalized spacial score (nSPS) is 16.1. The lowest BCUT2D eigenvalue weighted by Gasteiger charge is -2.22. The number of rotatable bonds is 3. The van der Waals surface area contributed by atoms with Crippen LogP contribution in [-0.4, -0.2) is 13.2 Å². The fraction of sp³-hybridized carbons (Fsp3) is 0.233. The average molecular weight is 472 g/mol. The molecule has 5 aromatic rings. The molecule has 0 radical (unpaired) electrons. The van der Waals surface area contributed by atoms with Crippen LogP contribution in [0.4, 0.5) is 8.78 Å². The molecule has 2 aromatic heterocycles. The van der Waals surface area contributed by atoms with Crippen molar-refractivity contribution in [3.05, 3.63) is 89.6 Å².